The first-order chi connectivity index (χ1) is 8.79. The van der Waals surface area contributed by atoms with Gasteiger partial charge in [-0.05, 0) is 60.4 Å². The van der Waals surface area contributed by atoms with Crippen LogP contribution in [0.5, 0.6) is 0 Å². The number of aromatic nitrogens is 2. The number of halogens is 1. The van der Waals surface area contributed by atoms with Crippen molar-refractivity contribution in [2.75, 3.05) is 11.4 Å². The van der Waals surface area contributed by atoms with Crippen LogP contribution in [0.15, 0.2) is 10.7 Å². The molecule has 1 heterocycles. The van der Waals surface area contributed by atoms with Gasteiger partial charge in [0.05, 0.1) is 0 Å². The maximum absolute atomic E-state index is 4.82. The number of hydrogen-bond acceptors (Lipinski definition) is 3. The number of rotatable bonds is 5. The normalized spacial score (nSPS) is 23.2. The van der Waals surface area contributed by atoms with Gasteiger partial charge in [0, 0.05) is 24.6 Å². The standard InChI is InChI=1S/C14H18BrN3/c15-12-7-13(17-14(16-12)10-3-4-10)18(11-5-6-11)8-9-1-2-9/h7,9-11H,1-6,8H2. The first-order valence-corrected chi connectivity index (χ1v) is 7.90. The number of hydrogen-bond donors (Lipinski definition) is 0. The molecule has 96 valence electrons. The zero-order valence-electron chi connectivity index (χ0n) is 10.5. The van der Waals surface area contributed by atoms with E-state index in [0.29, 0.717) is 5.92 Å². The van der Waals surface area contributed by atoms with Gasteiger partial charge in [0.15, 0.2) is 0 Å². The smallest absolute Gasteiger partial charge is 0.135 e. The van der Waals surface area contributed by atoms with E-state index in [1.165, 1.54) is 45.1 Å². The molecule has 1 aromatic heterocycles. The quantitative estimate of drug-likeness (QED) is 0.780. The molecule has 0 N–H and O–H groups in total. The van der Waals surface area contributed by atoms with Crippen LogP contribution >= 0.6 is 15.9 Å². The minimum Gasteiger partial charge on any atom is -0.353 e. The Balaban J connectivity index is 1.63. The Morgan fingerprint density at radius 2 is 1.89 bits per heavy atom. The fraction of sp³-hybridized carbons (Fsp3) is 0.714. The molecule has 0 bridgehead atoms. The predicted octanol–water partition coefficient (Wildman–Crippen LogP) is 3.50. The van der Waals surface area contributed by atoms with Gasteiger partial charge in [0.2, 0.25) is 0 Å². The molecule has 1 aromatic rings. The van der Waals surface area contributed by atoms with E-state index in [9.17, 15) is 0 Å². The Bertz CT molecular complexity index is 464. The third kappa shape index (κ3) is 2.40. The molecule has 0 radical (unpaired) electrons. The van der Waals surface area contributed by atoms with Crippen LogP contribution in [0.2, 0.25) is 0 Å². The molecule has 18 heavy (non-hydrogen) atoms. The van der Waals surface area contributed by atoms with Crippen molar-refractivity contribution in [1.29, 1.82) is 0 Å². The molecule has 3 saturated carbocycles. The van der Waals surface area contributed by atoms with Crippen LogP contribution < -0.4 is 4.90 Å². The monoisotopic (exact) mass is 307 g/mol. The van der Waals surface area contributed by atoms with Crippen molar-refractivity contribution >= 4 is 21.7 Å². The lowest BCUT2D eigenvalue weighted by Crippen LogP contribution is -2.29. The van der Waals surface area contributed by atoms with Gasteiger partial charge in [-0.15, -0.1) is 0 Å². The molecule has 0 spiro atoms. The second-order valence-electron chi connectivity index (χ2n) is 6.01. The molecule has 0 aliphatic heterocycles. The average molecular weight is 308 g/mol. The summed E-state index contributed by atoms with van der Waals surface area (Å²) in [6, 6.07) is 2.85. The van der Waals surface area contributed by atoms with E-state index >= 15 is 0 Å². The molecule has 4 heteroatoms. The van der Waals surface area contributed by atoms with E-state index in [0.717, 1.165) is 28.2 Å². The van der Waals surface area contributed by atoms with Gasteiger partial charge in [-0.1, -0.05) is 0 Å². The van der Waals surface area contributed by atoms with Gasteiger partial charge in [-0.25, -0.2) is 9.97 Å². The van der Waals surface area contributed by atoms with E-state index in [1.54, 1.807) is 0 Å². The lowest BCUT2D eigenvalue weighted by molar-refractivity contribution is 0.702. The van der Waals surface area contributed by atoms with Gasteiger partial charge < -0.3 is 4.90 Å². The van der Waals surface area contributed by atoms with E-state index in [-0.39, 0.29) is 0 Å². The summed E-state index contributed by atoms with van der Waals surface area (Å²) < 4.78 is 0.954. The SMILES string of the molecule is Brc1cc(N(CC2CC2)C2CC2)nc(C2CC2)n1. The van der Waals surface area contributed by atoms with Crippen LogP contribution in [0.1, 0.15) is 50.3 Å². The second-order valence-corrected chi connectivity index (χ2v) is 6.82. The Hall–Kier alpha value is -0.640. The Morgan fingerprint density at radius 1 is 1.11 bits per heavy atom. The first-order valence-electron chi connectivity index (χ1n) is 7.11. The van der Waals surface area contributed by atoms with E-state index in [1.807, 2.05) is 0 Å². The van der Waals surface area contributed by atoms with Crippen molar-refractivity contribution in [2.45, 2.75) is 50.5 Å². The Morgan fingerprint density at radius 3 is 2.50 bits per heavy atom. The molecule has 3 aliphatic rings. The van der Waals surface area contributed by atoms with Gasteiger partial charge in [-0.3, -0.25) is 0 Å². The molecule has 0 atom stereocenters. The van der Waals surface area contributed by atoms with Crippen molar-refractivity contribution in [3.05, 3.63) is 16.5 Å². The molecular formula is C14H18BrN3. The molecule has 0 unspecified atom stereocenters. The molecule has 0 saturated heterocycles. The fourth-order valence-corrected chi connectivity index (χ4v) is 2.88. The summed E-state index contributed by atoms with van der Waals surface area (Å²) >= 11 is 3.55. The number of nitrogens with zero attached hydrogens (tertiary/aromatic N) is 3. The maximum Gasteiger partial charge on any atom is 0.135 e. The fourth-order valence-electron chi connectivity index (χ4n) is 2.49. The minimum atomic E-state index is 0.628. The molecule has 3 nitrogen and oxygen atoms in total. The maximum atomic E-state index is 4.82. The van der Waals surface area contributed by atoms with Gasteiger partial charge >= 0.3 is 0 Å². The van der Waals surface area contributed by atoms with Crippen molar-refractivity contribution in [2.24, 2.45) is 5.92 Å². The Labute approximate surface area is 116 Å². The molecule has 3 aliphatic carbocycles. The molecule has 4 rings (SSSR count). The van der Waals surface area contributed by atoms with Crippen molar-refractivity contribution in [3.8, 4) is 0 Å². The van der Waals surface area contributed by atoms with Crippen LogP contribution in [0.3, 0.4) is 0 Å². The predicted molar refractivity (Wildman–Crippen MR) is 74.8 cm³/mol. The van der Waals surface area contributed by atoms with Crippen LogP contribution in [-0.2, 0) is 0 Å². The highest BCUT2D eigenvalue weighted by Gasteiger charge is 2.35. The summed E-state index contributed by atoms with van der Waals surface area (Å²) in [5.74, 6) is 3.76. The van der Waals surface area contributed by atoms with Crippen molar-refractivity contribution in [3.63, 3.8) is 0 Å². The van der Waals surface area contributed by atoms with E-state index < -0.39 is 0 Å². The third-order valence-corrected chi connectivity index (χ3v) is 4.48. The highest BCUT2D eigenvalue weighted by Crippen LogP contribution is 2.41. The summed E-state index contributed by atoms with van der Waals surface area (Å²) in [5, 5.41) is 0. The van der Waals surface area contributed by atoms with E-state index in [4.69, 9.17) is 4.98 Å². The van der Waals surface area contributed by atoms with Crippen LogP contribution in [-0.4, -0.2) is 22.6 Å². The van der Waals surface area contributed by atoms with Crippen LogP contribution in [0.4, 0.5) is 5.82 Å². The number of anilines is 1. The van der Waals surface area contributed by atoms with Gasteiger partial charge in [0.25, 0.3) is 0 Å². The lowest BCUT2D eigenvalue weighted by Gasteiger charge is -2.24. The second kappa shape index (κ2) is 4.19. The van der Waals surface area contributed by atoms with Gasteiger partial charge in [0.1, 0.15) is 16.2 Å². The minimum absolute atomic E-state index is 0.628. The largest absolute Gasteiger partial charge is 0.353 e. The molecular weight excluding hydrogens is 290 g/mol. The molecule has 0 aromatic carbocycles. The van der Waals surface area contributed by atoms with Crippen LogP contribution in [0.25, 0.3) is 0 Å². The molecule has 3 fully saturated rings. The van der Waals surface area contributed by atoms with E-state index in [2.05, 4.69) is 31.9 Å². The highest BCUT2D eigenvalue weighted by molar-refractivity contribution is 9.10. The lowest BCUT2D eigenvalue weighted by atomic mass is 10.3. The summed E-state index contributed by atoms with van der Waals surface area (Å²) in [6.07, 6.45) is 8.03. The zero-order valence-corrected chi connectivity index (χ0v) is 12.1. The van der Waals surface area contributed by atoms with Crippen molar-refractivity contribution in [1.82, 2.24) is 9.97 Å². The summed E-state index contributed by atoms with van der Waals surface area (Å²) in [6.45, 7) is 1.21. The Kier molecular flexibility index (Phi) is 2.61. The van der Waals surface area contributed by atoms with Gasteiger partial charge in [-0.2, -0.15) is 0 Å². The molecule has 0 amide bonds. The summed E-state index contributed by atoms with van der Waals surface area (Å²) in [7, 11) is 0. The summed E-state index contributed by atoms with van der Waals surface area (Å²) in [5.41, 5.74) is 0. The zero-order chi connectivity index (χ0) is 12.1. The average Bonchev–Trinajstić information content (AvgIpc) is 3.24. The first kappa shape index (κ1) is 11.2. The highest BCUT2D eigenvalue weighted by atomic mass is 79.9. The third-order valence-electron chi connectivity index (χ3n) is 4.07. The van der Waals surface area contributed by atoms with Crippen LogP contribution in [0, 0.1) is 5.92 Å². The topological polar surface area (TPSA) is 29.0 Å². The van der Waals surface area contributed by atoms with Crippen molar-refractivity contribution < 1.29 is 0 Å². The summed E-state index contributed by atoms with van der Waals surface area (Å²) in [4.78, 5) is 11.9.